The number of benzene rings is 2. The predicted octanol–water partition coefficient (Wildman–Crippen LogP) is 5.02. The summed E-state index contributed by atoms with van der Waals surface area (Å²) >= 11 is 3.62. The molecule has 1 atom stereocenters. The van der Waals surface area contributed by atoms with Crippen LogP contribution in [0.15, 0.2) is 45.9 Å². The van der Waals surface area contributed by atoms with Crippen LogP contribution >= 0.6 is 15.9 Å². The lowest BCUT2D eigenvalue weighted by Gasteiger charge is -2.21. The fourth-order valence-electron chi connectivity index (χ4n) is 2.53. The van der Waals surface area contributed by atoms with E-state index in [1.54, 1.807) is 7.11 Å². The predicted molar refractivity (Wildman–Crippen MR) is 101 cm³/mol. The zero-order chi connectivity index (χ0) is 17.0. The maximum atomic E-state index is 5.80. The van der Waals surface area contributed by atoms with E-state index in [1.807, 2.05) is 43.5 Å². The summed E-state index contributed by atoms with van der Waals surface area (Å²) in [4.78, 5) is 6.47. The molecular formula is C19H23BrN2O. The second-order valence-corrected chi connectivity index (χ2v) is 6.70. The number of nitrogens with zero attached hydrogens (tertiary/aromatic N) is 2. The van der Waals surface area contributed by atoms with E-state index < -0.39 is 0 Å². The van der Waals surface area contributed by atoms with Gasteiger partial charge in [-0.05, 0) is 48.2 Å². The average Bonchev–Trinajstić information content (AvgIpc) is 2.51. The van der Waals surface area contributed by atoms with Crippen LogP contribution in [-0.2, 0) is 4.74 Å². The zero-order valence-corrected chi connectivity index (χ0v) is 15.9. The first kappa shape index (κ1) is 17.7. The highest BCUT2D eigenvalue weighted by Gasteiger charge is 2.19. The van der Waals surface area contributed by atoms with Crippen molar-refractivity contribution in [2.75, 3.05) is 21.2 Å². The molecule has 0 aliphatic carbocycles. The smallest absolute Gasteiger partial charge is 0.109 e. The summed E-state index contributed by atoms with van der Waals surface area (Å²) in [6.45, 7) is 4.18. The summed E-state index contributed by atoms with van der Waals surface area (Å²) in [6.07, 6.45) is 1.72. The summed E-state index contributed by atoms with van der Waals surface area (Å²) in [5, 5.41) is 0. The lowest BCUT2D eigenvalue weighted by molar-refractivity contribution is 0.135. The Balaban J connectivity index is 2.46. The van der Waals surface area contributed by atoms with Gasteiger partial charge in [0.1, 0.15) is 6.10 Å². The first-order valence-corrected chi connectivity index (χ1v) is 8.32. The molecular weight excluding hydrogens is 352 g/mol. The van der Waals surface area contributed by atoms with Crippen molar-refractivity contribution in [3.05, 3.63) is 63.1 Å². The summed E-state index contributed by atoms with van der Waals surface area (Å²) < 4.78 is 6.85. The van der Waals surface area contributed by atoms with E-state index in [4.69, 9.17) is 4.74 Å². The topological polar surface area (TPSA) is 24.8 Å². The van der Waals surface area contributed by atoms with Gasteiger partial charge in [-0.3, -0.25) is 0 Å². The van der Waals surface area contributed by atoms with E-state index in [0.717, 1.165) is 21.3 Å². The molecule has 1 unspecified atom stereocenters. The molecule has 122 valence electrons. The second kappa shape index (κ2) is 7.75. The maximum Gasteiger partial charge on any atom is 0.109 e. The van der Waals surface area contributed by atoms with Gasteiger partial charge >= 0.3 is 0 Å². The minimum absolute atomic E-state index is 0.101. The summed E-state index contributed by atoms with van der Waals surface area (Å²) in [5.74, 6) is 0. The lowest BCUT2D eigenvalue weighted by atomic mass is 9.95. The Hall–Kier alpha value is -1.65. The molecule has 2 aromatic rings. The largest absolute Gasteiger partial charge is 0.372 e. The Bertz CT molecular complexity index is 711. The Morgan fingerprint density at radius 2 is 1.78 bits per heavy atom. The molecule has 0 spiro atoms. The van der Waals surface area contributed by atoms with Gasteiger partial charge < -0.3 is 9.64 Å². The number of hydrogen-bond donors (Lipinski definition) is 0. The molecule has 0 radical (unpaired) electrons. The van der Waals surface area contributed by atoms with Gasteiger partial charge in [-0.1, -0.05) is 40.2 Å². The fourth-order valence-corrected chi connectivity index (χ4v) is 3.02. The SMILES string of the molecule is COC(c1cc(C)c(N=CN(C)C)cc1C)c1ccccc1Br. The van der Waals surface area contributed by atoms with Crippen LogP contribution in [0, 0.1) is 13.8 Å². The molecule has 2 aromatic carbocycles. The number of rotatable bonds is 5. The Kier molecular flexibility index (Phi) is 5.97. The molecule has 23 heavy (non-hydrogen) atoms. The van der Waals surface area contributed by atoms with Crippen LogP contribution in [0.25, 0.3) is 0 Å². The van der Waals surface area contributed by atoms with Crippen LogP contribution in [0.4, 0.5) is 5.69 Å². The number of aliphatic imine (C=N–C) groups is 1. The van der Waals surface area contributed by atoms with Crippen LogP contribution < -0.4 is 0 Å². The third-order valence-corrected chi connectivity index (χ3v) is 4.44. The summed E-state index contributed by atoms with van der Waals surface area (Å²) in [6, 6.07) is 12.5. The summed E-state index contributed by atoms with van der Waals surface area (Å²) in [5.41, 5.74) is 5.59. The van der Waals surface area contributed by atoms with Crippen molar-refractivity contribution in [2.24, 2.45) is 4.99 Å². The van der Waals surface area contributed by atoms with E-state index in [-0.39, 0.29) is 6.10 Å². The van der Waals surface area contributed by atoms with E-state index in [2.05, 4.69) is 53.0 Å². The maximum absolute atomic E-state index is 5.80. The van der Waals surface area contributed by atoms with Gasteiger partial charge in [0.25, 0.3) is 0 Å². The van der Waals surface area contributed by atoms with Crippen LogP contribution in [-0.4, -0.2) is 32.4 Å². The van der Waals surface area contributed by atoms with Gasteiger partial charge in [-0.2, -0.15) is 0 Å². The number of aryl methyl sites for hydroxylation is 2. The number of halogens is 1. The number of hydrogen-bond acceptors (Lipinski definition) is 2. The second-order valence-electron chi connectivity index (χ2n) is 5.84. The van der Waals surface area contributed by atoms with E-state index in [9.17, 15) is 0 Å². The van der Waals surface area contributed by atoms with Crippen LogP contribution in [0.1, 0.15) is 28.4 Å². The Morgan fingerprint density at radius 1 is 1.09 bits per heavy atom. The molecule has 0 aliphatic rings. The Morgan fingerprint density at radius 3 is 2.39 bits per heavy atom. The van der Waals surface area contributed by atoms with E-state index in [0.29, 0.717) is 0 Å². The highest BCUT2D eigenvalue weighted by atomic mass is 79.9. The van der Waals surface area contributed by atoms with Crippen molar-refractivity contribution in [1.29, 1.82) is 0 Å². The van der Waals surface area contributed by atoms with Gasteiger partial charge in [-0.25, -0.2) is 4.99 Å². The van der Waals surface area contributed by atoms with Gasteiger partial charge in [0.2, 0.25) is 0 Å². The molecule has 0 aromatic heterocycles. The molecule has 0 amide bonds. The van der Waals surface area contributed by atoms with Crippen LogP contribution in [0.3, 0.4) is 0 Å². The van der Waals surface area contributed by atoms with Gasteiger partial charge in [0, 0.05) is 25.7 Å². The van der Waals surface area contributed by atoms with Crippen molar-refractivity contribution in [2.45, 2.75) is 20.0 Å². The van der Waals surface area contributed by atoms with Gasteiger partial charge in [-0.15, -0.1) is 0 Å². The molecule has 4 heteroatoms. The molecule has 3 nitrogen and oxygen atoms in total. The highest BCUT2D eigenvalue weighted by molar-refractivity contribution is 9.10. The fraction of sp³-hybridized carbons (Fsp3) is 0.316. The number of methoxy groups -OCH3 is 1. The molecule has 0 saturated heterocycles. The lowest BCUT2D eigenvalue weighted by Crippen LogP contribution is -2.08. The highest BCUT2D eigenvalue weighted by Crippen LogP contribution is 2.35. The normalized spacial score (nSPS) is 12.6. The van der Waals surface area contributed by atoms with E-state index >= 15 is 0 Å². The van der Waals surface area contributed by atoms with E-state index in [1.165, 1.54) is 11.1 Å². The quantitative estimate of drug-likeness (QED) is 0.541. The van der Waals surface area contributed by atoms with Crippen molar-refractivity contribution < 1.29 is 4.74 Å². The standard InChI is InChI=1S/C19H23BrN2O/c1-13-11-18(21-12-22(3)4)14(2)10-16(13)19(23-5)15-8-6-7-9-17(15)20/h6-12,19H,1-5H3. The first-order valence-electron chi connectivity index (χ1n) is 7.53. The molecule has 0 bridgehead atoms. The molecule has 0 N–H and O–H groups in total. The molecule has 0 heterocycles. The minimum Gasteiger partial charge on any atom is -0.372 e. The van der Waals surface area contributed by atoms with Crippen molar-refractivity contribution >= 4 is 28.0 Å². The third kappa shape index (κ3) is 4.21. The van der Waals surface area contributed by atoms with Crippen LogP contribution in [0.2, 0.25) is 0 Å². The molecule has 0 fully saturated rings. The molecule has 0 saturated carbocycles. The van der Waals surface area contributed by atoms with Crippen molar-refractivity contribution in [3.63, 3.8) is 0 Å². The average molecular weight is 375 g/mol. The van der Waals surface area contributed by atoms with Gasteiger partial charge in [0.15, 0.2) is 0 Å². The van der Waals surface area contributed by atoms with Crippen LogP contribution in [0.5, 0.6) is 0 Å². The van der Waals surface area contributed by atoms with Gasteiger partial charge in [0.05, 0.1) is 12.0 Å². The minimum atomic E-state index is -0.101. The Labute approximate surface area is 147 Å². The van der Waals surface area contributed by atoms with Crippen molar-refractivity contribution in [1.82, 2.24) is 4.90 Å². The van der Waals surface area contributed by atoms with Crippen molar-refractivity contribution in [3.8, 4) is 0 Å². The first-order chi connectivity index (χ1) is 10.9. The zero-order valence-electron chi connectivity index (χ0n) is 14.3. The summed E-state index contributed by atoms with van der Waals surface area (Å²) in [7, 11) is 5.68. The number of ether oxygens (including phenoxy) is 1. The third-order valence-electron chi connectivity index (χ3n) is 3.72. The monoisotopic (exact) mass is 374 g/mol. The molecule has 2 rings (SSSR count). The molecule has 0 aliphatic heterocycles.